The van der Waals surface area contributed by atoms with Crippen LogP contribution in [0.5, 0.6) is 5.75 Å². The van der Waals surface area contributed by atoms with Crippen LogP contribution in [-0.2, 0) is 0 Å². The van der Waals surface area contributed by atoms with Crippen molar-refractivity contribution in [2.75, 3.05) is 44.2 Å². The van der Waals surface area contributed by atoms with Gasteiger partial charge < -0.3 is 14.1 Å². The first kappa shape index (κ1) is 23.5. The monoisotopic (exact) mass is 488 g/mol. The van der Waals surface area contributed by atoms with Gasteiger partial charge in [-0.1, -0.05) is 29.8 Å². The summed E-state index contributed by atoms with van der Waals surface area (Å²) in [5, 5.41) is 1.19. The first-order chi connectivity index (χ1) is 17.2. The van der Waals surface area contributed by atoms with Crippen LogP contribution < -0.4 is 15.1 Å². The molecule has 6 heteroatoms. The second-order valence-electron chi connectivity index (χ2n) is 8.86. The van der Waals surface area contributed by atoms with Crippen molar-refractivity contribution >= 4 is 28.3 Å². The van der Waals surface area contributed by atoms with Gasteiger partial charge in [0.05, 0.1) is 12.0 Å². The van der Waals surface area contributed by atoms with E-state index in [0.717, 1.165) is 51.1 Å². The lowest BCUT2D eigenvalue weighted by Crippen LogP contribution is -2.46. The number of hydrogen-bond acceptors (Lipinski definition) is 5. The second kappa shape index (κ2) is 11.0. The first-order valence-electron chi connectivity index (χ1n) is 12.1. The molecule has 5 rings (SSSR count). The van der Waals surface area contributed by atoms with Crippen LogP contribution in [0.4, 0.5) is 5.69 Å². The minimum atomic E-state index is -0.0740. The van der Waals surface area contributed by atoms with E-state index in [0.29, 0.717) is 34.1 Å². The lowest BCUT2D eigenvalue weighted by molar-refractivity contribution is 0.238. The molecule has 0 spiro atoms. The van der Waals surface area contributed by atoms with E-state index in [1.807, 2.05) is 18.2 Å². The lowest BCUT2D eigenvalue weighted by Gasteiger charge is -2.36. The summed E-state index contributed by atoms with van der Waals surface area (Å²) in [4.78, 5) is 17.6. The van der Waals surface area contributed by atoms with Crippen molar-refractivity contribution in [2.24, 2.45) is 0 Å². The maximum atomic E-state index is 12.6. The van der Waals surface area contributed by atoms with Crippen LogP contribution in [0.15, 0.2) is 88.1 Å². The summed E-state index contributed by atoms with van der Waals surface area (Å²) in [7, 11) is 0. The molecule has 2 heterocycles. The highest BCUT2D eigenvalue weighted by Crippen LogP contribution is 2.26. The van der Waals surface area contributed by atoms with E-state index in [1.165, 1.54) is 11.8 Å². The number of halogens is 1. The minimum Gasteiger partial charge on any atom is -0.493 e. The largest absolute Gasteiger partial charge is 0.493 e. The van der Waals surface area contributed by atoms with Crippen LogP contribution in [0.25, 0.3) is 22.3 Å². The predicted octanol–water partition coefficient (Wildman–Crippen LogP) is 6.09. The Morgan fingerprint density at radius 3 is 2.40 bits per heavy atom. The predicted molar refractivity (Wildman–Crippen MR) is 143 cm³/mol. The van der Waals surface area contributed by atoms with Gasteiger partial charge in [0.2, 0.25) is 0 Å². The van der Waals surface area contributed by atoms with E-state index in [9.17, 15) is 4.79 Å². The SMILES string of the molecule is O=c1cc(-c2ccc(Cl)cc2)oc2cc(OCCCCN3CCN(c4ccccc4)CC3)ccc12. The van der Waals surface area contributed by atoms with Crippen molar-refractivity contribution in [1.82, 2.24) is 4.90 Å². The number of nitrogens with zero attached hydrogens (tertiary/aromatic N) is 2. The van der Waals surface area contributed by atoms with Crippen LogP contribution >= 0.6 is 11.6 Å². The molecule has 1 aliphatic rings. The van der Waals surface area contributed by atoms with Crippen LogP contribution in [0, 0.1) is 0 Å². The highest BCUT2D eigenvalue weighted by Gasteiger charge is 2.16. The topological polar surface area (TPSA) is 45.9 Å². The molecule has 5 nitrogen and oxygen atoms in total. The summed E-state index contributed by atoms with van der Waals surface area (Å²) in [6, 6.07) is 24.8. The number of fused-ring (bicyclic) bond motifs is 1. The van der Waals surface area contributed by atoms with Gasteiger partial charge in [0, 0.05) is 54.6 Å². The fourth-order valence-electron chi connectivity index (χ4n) is 4.48. The quantitative estimate of drug-likeness (QED) is 0.281. The average Bonchev–Trinajstić information content (AvgIpc) is 2.89. The van der Waals surface area contributed by atoms with Gasteiger partial charge in [-0.15, -0.1) is 0 Å². The number of benzene rings is 3. The van der Waals surface area contributed by atoms with Gasteiger partial charge in [-0.25, -0.2) is 0 Å². The van der Waals surface area contributed by atoms with E-state index < -0.39 is 0 Å². The molecule has 1 saturated heterocycles. The molecule has 1 aliphatic heterocycles. The fourth-order valence-corrected chi connectivity index (χ4v) is 4.60. The number of unbranched alkanes of at least 4 members (excludes halogenated alkanes) is 1. The van der Waals surface area contributed by atoms with Gasteiger partial charge in [0.1, 0.15) is 17.1 Å². The zero-order valence-electron chi connectivity index (χ0n) is 19.7. The first-order valence-corrected chi connectivity index (χ1v) is 12.5. The molecule has 0 atom stereocenters. The molecule has 1 fully saturated rings. The van der Waals surface area contributed by atoms with Crippen molar-refractivity contribution in [1.29, 1.82) is 0 Å². The zero-order chi connectivity index (χ0) is 24.0. The van der Waals surface area contributed by atoms with Crippen LogP contribution in [0.3, 0.4) is 0 Å². The van der Waals surface area contributed by atoms with E-state index in [4.69, 9.17) is 20.8 Å². The molecule has 0 bridgehead atoms. The number of anilines is 1. The van der Waals surface area contributed by atoms with E-state index >= 15 is 0 Å². The molecule has 0 N–H and O–H groups in total. The van der Waals surface area contributed by atoms with E-state index in [1.54, 1.807) is 24.3 Å². The molecule has 35 heavy (non-hydrogen) atoms. The third kappa shape index (κ3) is 5.87. The summed E-state index contributed by atoms with van der Waals surface area (Å²) in [6.07, 6.45) is 2.07. The summed E-state index contributed by atoms with van der Waals surface area (Å²) in [5.74, 6) is 1.23. The third-order valence-corrected chi connectivity index (χ3v) is 6.71. The molecule has 0 saturated carbocycles. The maximum Gasteiger partial charge on any atom is 0.193 e. The zero-order valence-corrected chi connectivity index (χ0v) is 20.4. The molecule has 0 radical (unpaired) electrons. The van der Waals surface area contributed by atoms with Gasteiger partial charge in [-0.3, -0.25) is 9.69 Å². The van der Waals surface area contributed by atoms with Crippen molar-refractivity contribution in [3.8, 4) is 17.1 Å². The number of ether oxygens (including phenoxy) is 1. The molecule has 180 valence electrons. The Kier molecular flexibility index (Phi) is 7.36. The Morgan fingerprint density at radius 2 is 1.63 bits per heavy atom. The van der Waals surface area contributed by atoms with Gasteiger partial charge in [-0.2, -0.15) is 0 Å². The Balaban J connectivity index is 1.11. The Morgan fingerprint density at radius 1 is 0.857 bits per heavy atom. The number of piperazine rings is 1. The van der Waals surface area contributed by atoms with Gasteiger partial charge in [-0.05, 0) is 67.9 Å². The molecule has 0 aliphatic carbocycles. The Bertz CT molecular complexity index is 1310. The molecule has 0 amide bonds. The van der Waals surface area contributed by atoms with Crippen LogP contribution in [-0.4, -0.2) is 44.2 Å². The number of hydrogen-bond donors (Lipinski definition) is 0. The highest BCUT2D eigenvalue weighted by atomic mass is 35.5. The lowest BCUT2D eigenvalue weighted by atomic mass is 10.1. The summed E-state index contributed by atoms with van der Waals surface area (Å²) in [6.45, 7) is 6.05. The van der Waals surface area contributed by atoms with Gasteiger partial charge in [0.15, 0.2) is 5.43 Å². The number of para-hydroxylation sites is 1. The van der Waals surface area contributed by atoms with E-state index in [2.05, 4.69) is 40.1 Å². The smallest absolute Gasteiger partial charge is 0.193 e. The minimum absolute atomic E-state index is 0.0740. The van der Waals surface area contributed by atoms with Crippen LogP contribution in [0.2, 0.25) is 5.02 Å². The fraction of sp³-hybridized carbons (Fsp3) is 0.276. The highest BCUT2D eigenvalue weighted by molar-refractivity contribution is 6.30. The van der Waals surface area contributed by atoms with Crippen molar-refractivity contribution in [3.63, 3.8) is 0 Å². The van der Waals surface area contributed by atoms with Gasteiger partial charge in [0.25, 0.3) is 0 Å². The average molecular weight is 489 g/mol. The Hall–Kier alpha value is -3.28. The standard InChI is InChI=1S/C29H29ClN2O3/c30-23-10-8-22(9-11-23)28-21-27(33)26-13-12-25(20-29(26)35-28)34-19-5-4-14-31-15-17-32(18-16-31)24-6-2-1-3-7-24/h1-3,6-13,20-21H,4-5,14-19H2. The second-order valence-corrected chi connectivity index (χ2v) is 9.30. The summed E-state index contributed by atoms with van der Waals surface area (Å²) < 4.78 is 12.0. The molecule has 3 aromatic carbocycles. The van der Waals surface area contributed by atoms with E-state index in [-0.39, 0.29) is 5.43 Å². The third-order valence-electron chi connectivity index (χ3n) is 6.46. The Labute approximate surface area is 210 Å². The molecule has 0 unspecified atom stereocenters. The molecular formula is C29H29ClN2O3. The molecule has 4 aromatic rings. The van der Waals surface area contributed by atoms with Crippen molar-refractivity contribution in [3.05, 3.63) is 94.1 Å². The van der Waals surface area contributed by atoms with Crippen molar-refractivity contribution in [2.45, 2.75) is 12.8 Å². The molecular weight excluding hydrogens is 460 g/mol. The summed E-state index contributed by atoms with van der Waals surface area (Å²) >= 11 is 5.98. The maximum absolute atomic E-state index is 12.6. The normalized spacial score (nSPS) is 14.4. The van der Waals surface area contributed by atoms with Crippen molar-refractivity contribution < 1.29 is 9.15 Å². The summed E-state index contributed by atoms with van der Waals surface area (Å²) in [5.41, 5.74) is 2.57. The molecule has 1 aromatic heterocycles. The van der Waals surface area contributed by atoms with Gasteiger partial charge >= 0.3 is 0 Å². The number of rotatable bonds is 8. The van der Waals surface area contributed by atoms with Crippen LogP contribution in [0.1, 0.15) is 12.8 Å².